The maximum atomic E-state index is 12.0. The summed E-state index contributed by atoms with van der Waals surface area (Å²) in [5.74, 6) is -0.392. The van der Waals surface area contributed by atoms with Crippen LogP contribution in [0.25, 0.3) is 0 Å². The Balaban J connectivity index is 1.96. The molecule has 116 valence electrons. The molecule has 2 rings (SSSR count). The zero-order chi connectivity index (χ0) is 16.1. The third-order valence-electron chi connectivity index (χ3n) is 2.60. The van der Waals surface area contributed by atoms with Crippen molar-refractivity contribution >= 4 is 39.9 Å². The molecule has 0 saturated carbocycles. The number of anilines is 1. The molecule has 1 N–H and O–H groups in total. The molecule has 1 aromatic heterocycles. The topological polar surface area (TPSA) is 77.5 Å². The third kappa shape index (κ3) is 4.19. The monoisotopic (exact) mass is 340 g/mol. The summed E-state index contributed by atoms with van der Waals surface area (Å²) in [4.78, 5) is 27.6. The van der Waals surface area contributed by atoms with Crippen molar-refractivity contribution in [3.05, 3.63) is 40.4 Å². The van der Waals surface area contributed by atoms with Crippen molar-refractivity contribution in [3.8, 4) is 5.75 Å². The van der Waals surface area contributed by atoms with Gasteiger partial charge in [0.25, 0.3) is 5.91 Å². The number of rotatable bonds is 5. The van der Waals surface area contributed by atoms with Gasteiger partial charge in [-0.05, 0) is 25.1 Å². The molecule has 0 radical (unpaired) electrons. The highest BCUT2D eigenvalue weighted by Crippen LogP contribution is 2.21. The number of amides is 1. The van der Waals surface area contributed by atoms with E-state index in [0.717, 1.165) is 11.3 Å². The van der Waals surface area contributed by atoms with Crippen LogP contribution in [0, 0.1) is 0 Å². The minimum Gasteiger partial charge on any atom is -0.481 e. The molecule has 0 saturated heterocycles. The molecule has 0 spiro atoms. The number of halogens is 1. The molecule has 1 aromatic carbocycles. The molecule has 2 aromatic rings. The Morgan fingerprint density at radius 3 is 2.86 bits per heavy atom. The molecule has 1 heterocycles. The van der Waals surface area contributed by atoms with Gasteiger partial charge in [0.15, 0.2) is 11.2 Å². The van der Waals surface area contributed by atoms with Crippen molar-refractivity contribution in [2.75, 3.05) is 12.4 Å². The molecule has 0 fully saturated rings. The lowest BCUT2D eigenvalue weighted by Gasteiger charge is -2.13. The summed E-state index contributed by atoms with van der Waals surface area (Å²) in [6.45, 7) is 1.60. The summed E-state index contributed by atoms with van der Waals surface area (Å²) in [6.07, 6.45) is 0.596. The van der Waals surface area contributed by atoms with Crippen molar-refractivity contribution in [2.45, 2.75) is 13.0 Å². The van der Waals surface area contributed by atoms with Crippen LogP contribution in [0.2, 0.25) is 5.02 Å². The Hall–Kier alpha value is -2.12. The molecule has 0 aliphatic heterocycles. The summed E-state index contributed by atoms with van der Waals surface area (Å²) in [7, 11) is 1.28. The van der Waals surface area contributed by atoms with E-state index in [4.69, 9.17) is 16.3 Å². The SMILES string of the molecule is COC(=O)c1cnc(NC(=O)C(C)Oc2cccc(Cl)c2)s1. The number of methoxy groups -OCH3 is 1. The normalized spacial score (nSPS) is 11.6. The van der Waals surface area contributed by atoms with E-state index in [0.29, 0.717) is 20.8 Å². The van der Waals surface area contributed by atoms with E-state index in [1.165, 1.54) is 13.3 Å². The number of ether oxygens (including phenoxy) is 2. The minimum atomic E-state index is -0.746. The van der Waals surface area contributed by atoms with Gasteiger partial charge in [-0.2, -0.15) is 0 Å². The average Bonchev–Trinajstić information content (AvgIpc) is 2.95. The Morgan fingerprint density at radius 1 is 1.41 bits per heavy atom. The number of nitrogens with zero attached hydrogens (tertiary/aromatic N) is 1. The molecule has 1 unspecified atom stereocenters. The van der Waals surface area contributed by atoms with Crippen molar-refractivity contribution in [1.82, 2.24) is 4.98 Å². The van der Waals surface area contributed by atoms with Crippen LogP contribution in [0.4, 0.5) is 5.13 Å². The Bertz CT molecular complexity index is 689. The Kier molecular flexibility index (Phi) is 5.35. The average molecular weight is 341 g/mol. The zero-order valence-electron chi connectivity index (χ0n) is 11.8. The second-order valence-corrected chi connectivity index (χ2v) is 5.70. The molecular formula is C14H13ClN2O4S. The fourth-order valence-corrected chi connectivity index (χ4v) is 2.45. The van der Waals surface area contributed by atoms with Gasteiger partial charge < -0.3 is 9.47 Å². The standard InChI is InChI=1S/C14H13ClN2O4S/c1-8(21-10-5-3-4-9(15)6-10)12(18)17-14-16-7-11(22-14)13(19)20-2/h3-8H,1-2H3,(H,16,17,18). The summed E-state index contributed by atoms with van der Waals surface area (Å²) in [6, 6.07) is 6.76. The van der Waals surface area contributed by atoms with Crippen LogP contribution in [-0.4, -0.2) is 30.1 Å². The molecule has 1 atom stereocenters. The highest BCUT2D eigenvalue weighted by molar-refractivity contribution is 7.17. The van der Waals surface area contributed by atoms with Gasteiger partial charge in [0.1, 0.15) is 10.6 Å². The van der Waals surface area contributed by atoms with Gasteiger partial charge in [0, 0.05) is 5.02 Å². The van der Waals surface area contributed by atoms with Gasteiger partial charge in [0.05, 0.1) is 13.3 Å². The number of thiazole rings is 1. The first kappa shape index (κ1) is 16.3. The Labute approximate surface area is 136 Å². The second-order valence-electron chi connectivity index (χ2n) is 4.23. The Morgan fingerprint density at radius 2 is 2.18 bits per heavy atom. The van der Waals surface area contributed by atoms with E-state index in [-0.39, 0.29) is 5.91 Å². The van der Waals surface area contributed by atoms with Crippen LogP contribution in [0.1, 0.15) is 16.6 Å². The molecule has 22 heavy (non-hydrogen) atoms. The fraction of sp³-hybridized carbons (Fsp3) is 0.214. The molecule has 0 aliphatic carbocycles. The van der Waals surface area contributed by atoms with Gasteiger partial charge in [0.2, 0.25) is 0 Å². The maximum Gasteiger partial charge on any atom is 0.349 e. The van der Waals surface area contributed by atoms with Gasteiger partial charge in [-0.25, -0.2) is 9.78 Å². The summed E-state index contributed by atoms with van der Waals surface area (Å²) < 4.78 is 10.1. The summed E-state index contributed by atoms with van der Waals surface area (Å²) >= 11 is 6.88. The number of hydrogen-bond donors (Lipinski definition) is 1. The number of hydrogen-bond acceptors (Lipinski definition) is 6. The van der Waals surface area contributed by atoms with Crippen molar-refractivity contribution < 1.29 is 19.1 Å². The van der Waals surface area contributed by atoms with Crippen LogP contribution < -0.4 is 10.1 Å². The number of carbonyl (C=O) groups excluding carboxylic acids is 2. The van der Waals surface area contributed by atoms with E-state index in [9.17, 15) is 9.59 Å². The van der Waals surface area contributed by atoms with E-state index >= 15 is 0 Å². The van der Waals surface area contributed by atoms with Gasteiger partial charge >= 0.3 is 5.97 Å². The van der Waals surface area contributed by atoms with Crippen LogP contribution >= 0.6 is 22.9 Å². The smallest absolute Gasteiger partial charge is 0.349 e. The van der Waals surface area contributed by atoms with Crippen LogP contribution in [-0.2, 0) is 9.53 Å². The zero-order valence-corrected chi connectivity index (χ0v) is 13.4. The number of carbonyl (C=O) groups is 2. The highest BCUT2D eigenvalue weighted by atomic mass is 35.5. The van der Waals surface area contributed by atoms with E-state index in [1.54, 1.807) is 31.2 Å². The van der Waals surface area contributed by atoms with Crippen LogP contribution in [0.15, 0.2) is 30.5 Å². The molecule has 1 amide bonds. The largest absolute Gasteiger partial charge is 0.481 e. The van der Waals surface area contributed by atoms with Crippen LogP contribution in [0.5, 0.6) is 5.75 Å². The van der Waals surface area contributed by atoms with Gasteiger partial charge in [-0.15, -0.1) is 0 Å². The number of benzene rings is 1. The predicted molar refractivity (Wildman–Crippen MR) is 83.6 cm³/mol. The first-order valence-electron chi connectivity index (χ1n) is 6.27. The molecular weight excluding hydrogens is 328 g/mol. The molecule has 6 nitrogen and oxygen atoms in total. The van der Waals surface area contributed by atoms with E-state index in [2.05, 4.69) is 15.0 Å². The van der Waals surface area contributed by atoms with Gasteiger partial charge in [-0.1, -0.05) is 29.0 Å². The second kappa shape index (κ2) is 7.24. The minimum absolute atomic E-state index is 0.298. The van der Waals surface area contributed by atoms with Crippen molar-refractivity contribution in [3.63, 3.8) is 0 Å². The first-order chi connectivity index (χ1) is 10.5. The molecule has 0 bridgehead atoms. The number of aromatic nitrogens is 1. The predicted octanol–water partition coefficient (Wildman–Crippen LogP) is 2.99. The van der Waals surface area contributed by atoms with Crippen molar-refractivity contribution in [1.29, 1.82) is 0 Å². The lowest BCUT2D eigenvalue weighted by molar-refractivity contribution is -0.122. The molecule has 0 aliphatic rings. The molecule has 8 heteroatoms. The van der Waals surface area contributed by atoms with Crippen molar-refractivity contribution in [2.24, 2.45) is 0 Å². The van der Waals surface area contributed by atoms with E-state index in [1.807, 2.05) is 0 Å². The lowest BCUT2D eigenvalue weighted by Crippen LogP contribution is -2.30. The quantitative estimate of drug-likeness (QED) is 0.847. The third-order valence-corrected chi connectivity index (χ3v) is 3.73. The maximum absolute atomic E-state index is 12.0. The fourth-order valence-electron chi connectivity index (χ4n) is 1.53. The summed E-state index contributed by atoms with van der Waals surface area (Å²) in [5.41, 5.74) is 0. The van der Waals surface area contributed by atoms with Gasteiger partial charge in [-0.3, -0.25) is 10.1 Å². The highest BCUT2D eigenvalue weighted by Gasteiger charge is 2.18. The summed E-state index contributed by atoms with van der Waals surface area (Å²) in [5, 5.41) is 3.40. The number of nitrogens with one attached hydrogen (secondary N) is 1. The van der Waals surface area contributed by atoms with Crippen LogP contribution in [0.3, 0.4) is 0 Å². The van der Waals surface area contributed by atoms with E-state index < -0.39 is 12.1 Å². The lowest BCUT2D eigenvalue weighted by atomic mass is 10.3. The first-order valence-corrected chi connectivity index (χ1v) is 7.46. The number of esters is 1.